The number of nitrogens with zero attached hydrogens (tertiary/aromatic N) is 1. The molecular weight excluding hydrogens is 290 g/mol. The topological polar surface area (TPSA) is 59.8 Å². The predicted molar refractivity (Wildman–Crippen MR) is 71.7 cm³/mol. The van der Waals surface area contributed by atoms with Crippen LogP contribution in [0, 0.1) is 0 Å². The van der Waals surface area contributed by atoms with Gasteiger partial charge in [-0.2, -0.15) is 4.31 Å². The molecule has 5 nitrogen and oxygen atoms in total. The van der Waals surface area contributed by atoms with E-state index >= 15 is 0 Å². The van der Waals surface area contributed by atoms with Crippen molar-refractivity contribution >= 4 is 21.6 Å². The fourth-order valence-electron chi connectivity index (χ4n) is 2.19. The molecule has 1 aromatic rings. The summed E-state index contributed by atoms with van der Waals surface area (Å²) in [5.74, 6) is 0.621. The monoisotopic (exact) mass is 307 g/mol. The largest absolute Gasteiger partial charge is 0.447 e. The van der Waals surface area contributed by atoms with E-state index in [2.05, 4.69) is 0 Å². The molecule has 0 aromatic carbocycles. The number of furan rings is 1. The Morgan fingerprint density at radius 3 is 2.95 bits per heavy atom. The third kappa shape index (κ3) is 3.31. The molecule has 0 N–H and O–H groups in total. The van der Waals surface area contributed by atoms with Crippen molar-refractivity contribution < 1.29 is 17.6 Å². The van der Waals surface area contributed by atoms with Crippen LogP contribution in [0.1, 0.15) is 25.5 Å². The fraction of sp³-hybridized carbons (Fsp3) is 0.667. The second kappa shape index (κ2) is 6.26. The molecule has 0 bridgehead atoms. The highest BCUT2D eigenvalue weighted by molar-refractivity contribution is 7.89. The van der Waals surface area contributed by atoms with Crippen molar-refractivity contribution in [2.75, 3.05) is 19.7 Å². The highest BCUT2D eigenvalue weighted by Crippen LogP contribution is 2.24. The van der Waals surface area contributed by atoms with E-state index in [1.165, 1.54) is 10.4 Å². The number of ether oxygens (including phenoxy) is 1. The van der Waals surface area contributed by atoms with E-state index in [4.69, 9.17) is 20.8 Å². The minimum absolute atomic E-state index is 0.0315. The minimum atomic E-state index is -3.57. The first-order chi connectivity index (χ1) is 9.07. The van der Waals surface area contributed by atoms with E-state index < -0.39 is 10.0 Å². The van der Waals surface area contributed by atoms with Gasteiger partial charge in [-0.3, -0.25) is 0 Å². The molecule has 19 heavy (non-hydrogen) atoms. The second-order valence-corrected chi connectivity index (χ2v) is 6.57. The number of alkyl halides is 1. The summed E-state index contributed by atoms with van der Waals surface area (Å²) in [5, 5.41) is -0.0414. The fourth-order valence-corrected chi connectivity index (χ4v) is 3.77. The first kappa shape index (κ1) is 14.8. The number of sulfonamides is 1. The summed E-state index contributed by atoms with van der Waals surface area (Å²) in [6.45, 7) is 3.39. The molecule has 1 aliphatic heterocycles. The molecule has 0 radical (unpaired) electrons. The van der Waals surface area contributed by atoms with Crippen molar-refractivity contribution in [2.24, 2.45) is 0 Å². The van der Waals surface area contributed by atoms with E-state index in [0.717, 1.165) is 12.8 Å². The summed E-state index contributed by atoms with van der Waals surface area (Å²) in [6, 6.07) is 3.04. The Morgan fingerprint density at radius 1 is 1.53 bits per heavy atom. The first-order valence-corrected chi connectivity index (χ1v) is 8.31. The van der Waals surface area contributed by atoms with Gasteiger partial charge in [-0.25, -0.2) is 8.42 Å². The minimum Gasteiger partial charge on any atom is -0.447 e. The maximum absolute atomic E-state index is 12.4. The van der Waals surface area contributed by atoms with Gasteiger partial charge in [0.05, 0.1) is 12.0 Å². The Kier molecular flexibility index (Phi) is 4.89. The lowest BCUT2D eigenvalue weighted by Gasteiger charge is -2.30. The van der Waals surface area contributed by atoms with E-state index in [9.17, 15) is 8.42 Å². The molecular formula is C12H18ClNO4S. The van der Waals surface area contributed by atoms with E-state index in [-0.39, 0.29) is 17.1 Å². The molecule has 1 aromatic heterocycles. The van der Waals surface area contributed by atoms with Gasteiger partial charge in [0.1, 0.15) is 5.76 Å². The molecule has 1 saturated heterocycles. The third-order valence-corrected chi connectivity index (χ3v) is 5.11. The van der Waals surface area contributed by atoms with Gasteiger partial charge in [-0.05, 0) is 31.9 Å². The van der Waals surface area contributed by atoms with Gasteiger partial charge in [0, 0.05) is 19.7 Å². The summed E-state index contributed by atoms with van der Waals surface area (Å²) >= 11 is 5.62. The summed E-state index contributed by atoms with van der Waals surface area (Å²) in [5.41, 5.74) is 0. The van der Waals surface area contributed by atoms with Crippen LogP contribution in [0.25, 0.3) is 0 Å². The summed E-state index contributed by atoms with van der Waals surface area (Å²) < 4.78 is 37.0. The van der Waals surface area contributed by atoms with Gasteiger partial charge in [-0.1, -0.05) is 0 Å². The molecule has 0 saturated carbocycles. The first-order valence-electron chi connectivity index (χ1n) is 6.34. The number of halogens is 1. The Hall–Kier alpha value is -0.560. The van der Waals surface area contributed by atoms with Crippen LogP contribution < -0.4 is 0 Å². The molecule has 1 fully saturated rings. The quantitative estimate of drug-likeness (QED) is 0.783. The van der Waals surface area contributed by atoms with Crippen LogP contribution in [0.3, 0.4) is 0 Å². The molecule has 1 unspecified atom stereocenters. The summed E-state index contributed by atoms with van der Waals surface area (Å²) in [4.78, 5) is 0. The molecule has 1 aliphatic rings. The standard InChI is InChI=1S/C12H18ClNO4S/c1-2-17-11-4-3-7-14(9-11)19(15,16)12-6-5-10(8-13)18-12/h5-6,11H,2-4,7-9H2,1H3. The number of rotatable bonds is 5. The third-order valence-electron chi connectivity index (χ3n) is 3.11. The van der Waals surface area contributed by atoms with Gasteiger partial charge in [0.2, 0.25) is 5.09 Å². The van der Waals surface area contributed by atoms with Crippen LogP contribution in [0.5, 0.6) is 0 Å². The molecule has 0 spiro atoms. The second-order valence-electron chi connectivity index (χ2n) is 4.44. The Bertz CT molecular complexity index is 512. The molecule has 2 rings (SSSR count). The number of hydrogen-bond acceptors (Lipinski definition) is 4. The van der Waals surface area contributed by atoms with Gasteiger partial charge in [0.25, 0.3) is 10.0 Å². The van der Waals surface area contributed by atoms with Crippen LogP contribution >= 0.6 is 11.6 Å². The number of piperidine rings is 1. The van der Waals surface area contributed by atoms with Gasteiger partial charge >= 0.3 is 0 Å². The Labute approximate surface area is 118 Å². The van der Waals surface area contributed by atoms with Crippen LogP contribution in [-0.2, 0) is 20.6 Å². The highest BCUT2D eigenvalue weighted by Gasteiger charge is 2.32. The van der Waals surface area contributed by atoms with Crippen molar-refractivity contribution in [2.45, 2.75) is 36.8 Å². The lowest BCUT2D eigenvalue weighted by molar-refractivity contribution is 0.0262. The summed E-state index contributed by atoms with van der Waals surface area (Å²) in [7, 11) is -3.57. The average Bonchev–Trinajstić information content (AvgIpc) is 2.89. The van der Waals surface area contributed by atoms with Crippen LogP contribution in [-0.4, -0.2) is 38.5 Å². The maximum atomic E-state index is 12.4. The predicted octanol–water partition coefficient (Wildman–Crippen LogP) is 2.21. The molecule has 1 atom stereocenters. The summed E-state index contributed by atoms with van der Waals surface area (Å²) in [6.07, 6.45) is 1.66. The smallest absolute Gasteiger partial charge is 0.276 e. The van der Waals surface area contributed by atoms with E-state index in [0.29, 0.717) is 25.5 Å². The van der Waals surface area contributed by atoms with Crippen LogP contribution in [0.4, 0.5) is 0 Å². The van der Waals surface area contributed by atoms with Crippen molar-refractivity contribution in [3.63, 3.8) is 0 Å². The molecule has 0 amide bonds. The van der Waals surface area contributed by atoms with Crippen molar-refractivity contribution in [3.05, 3.63) is 17.9 Å². The molecule has 2 heterocycles. The molecule has 108 valence electrons. The lowest BCUT2D eigenvalue weighted by Crippen LogP contribution is -2.43. The Balaban J connectivity index is 2.14. The van der Waals surface area contributed by atoms with E-state index in [1.807, 2.05) is 6.92 Å². The van der Waals surface area contributed by atoms with Crippen molar-refractivity contribution in [3.8, 4) is 0 Å². The average molecular weight is 308 g/mol. The van der Waals surface area contributed by atoms with Gasteiger partial charge < -0.3 is 9.15 Å². The molecule has 0 aliphatic carbocycles. The Morgan fingerprint density at radius 2 is 2.32 bits per heavy atom. The van der Waals surface area contributed by atoms with E-state index in [1.54, 1.807) is 6.07 Å². The molecule has 7 heteroatoms. The zero-order valence-corrected chi connectivity index (χ0v) is 12.4. The SMILES string of the molecule is CCOC1CCCN(S(=O)(=O)c2ccc(CCl)o2)C1. The maximum Gasteiger partial charge on any atom is 0.276 e. The van der Waals surface area contributed by atoms with Crippen LogP contribution in [0.15, 0.2) is 21.6 Å². The normalized spacial score (nSPS) is 21.7. The van der Waals surface area contributed by atoms with Crippen LogP contribution in [0.2, 0.25) is 0 Å². The zero-order valence-electron chi connectivity index (χ0n) is 10.8. The lowest BCUT2D eigenvalue weighted by atomic mass is 10.1. The van der Waals surface area contributed by atoms with Crippen molar-refractivity contribution in [1.82, 2.24) is 4.31 Å². The number of hydrogen-bond donors (Lipinski definition) is 0. The van der Waals surface area contributed by atoms with Gasteiger partial charge in [-0.15, -0.1) is 11.6 Å². The zero-order chi connectivity index (χ0) is 13.9. The highest BCUT2D eigenvalue weighted by atomic mass is 35.5. The van der Waals surface area contributed by atoms with Crippen molar-refractivity contribution in [1.29, 1.82) is 0 Å². The van der Waals surface area contributed by atoms with Gasteiger partial charge in [0.15, 0.2) is 0 Å².